The van der Waals surface area contributed by atoms with E-state index in [4.69, 9.17) is 0 Å². The quantitative estimate of drug-likeness (QED) is 0.867. The Balaban J connectivity index is 2.54. The van der Waals surface area contributed by atoms with E-state index in [1.165, 1.54) is 17.4 Å². The van der Waals surface area contributed by atoms with Gasteiger partial charge in [-0.15, -0.1) is 11.3 Å². The van der Waals surface area contributed by atoms with Gasteiger partial charge in [0.05, 0.1) is 16.7 Å². The lowest BCUT2D eigenvalue weighted by Crippen LogP contribution is -2.23. The van der Waals surface area contributed by atoms with Gasteiger partial charge in [0.15, 0.2) is 17.5 Å². The molecule has 2 aromatic rings. The maximum atomic E-state index is 14.0. The van der Waals surface area contributed by atoms with E-state index in [1.54, 1.807) is 0 Å². The normalized spacial score (nSPS) is 12.7. The number of aryl methyl sites for hydroxylation is 2. The summed E-state index contributed by atoms with van der Waals surface area (Å²) in [6.07, 6.45) is 0. The zero-order valence-electron chi connectivity index (χ0n) is 11.4. The highest BCUT2D eigenvalue weighted by Crippen LogP contribution is 2.32. The Hall–Kier alpha value is -1.40. The number of nitrogens with zero attached hydrogens (tertiary/aromatic N) is 1. The van der Waals surface area contributed by atoms with E-state index in [9.17, 15) is 13.2 Å². The summed E-state index contributed by atoms with van der Waals surface area (Å²) in [4.78, 5) is 5.11. The van der Waals surface area contributed by atoms with Crippen LogP contribution in [0.25, 0.3) is 0 Å². The standard InChI is InChI=1S/C14H15F3N2S/c1-4-18-13(14-7(2)19-8(3)20-14)9-5-6-10(15)12(17)11(9)16/h5-6,13,18H,4H2,1-3H3. The fourth-order valence-corrected chi connectivity index (χ4v) is 3.15. The van der Waals surface area contributed by atoms with E-state index >= 15 is 0 Å². The first-order chi connectivity index (χ1) is 9.45. The fourth-order valence-electron chi connectivity index (χ4n) is 2.13. The third kappa shape index (κ3) is 2.71. The topological polar surface area (TPSA) is 24.9 Å². The number of halogens is 3. The molecule has 0 radical (unpaired) electrons. The Labute approximate surface area is 119 Å². The molecule has 2 rings (SSSR count). The van der Waals surface area contributed by atoms with Crippen LogP contribution in [0.4, 0.5) is 13.2 Å². The van der Waals surface area contributed by atoms with Gasteiger partial charge in [0, 0.05) is 10.4 Å². The van der Waals surface area contributed by atoms with Crippen LogP contribution in [0.3, 0.4) is 0 Å². The van der Waals surface area contributed by atoms with Crippen LogP contribution in [0.15, 0.2) is 12.1 Å². The van der Waals surface area contributed by atoms with Gasteiger partial charge in [0.2, 0.25) is 0 Å². The maximum Gasteiger partial charge on any atom is 0.194 e. The second kappa shape index (κ2) is 5.93. The largest absolute Gasteiger partial charge is 0.306 e. The van der Waals surface area contributed by atoms with Gasteiger partial charge in [-0.1, -0.05) is 13.0 Å². The van der Waals surface area contributed by atoms with Crippen molar-refractivity contribution in [1.29, 1.82) is 0 Å². The number of rotatable bonds is 4. The molecule has 0 saturated heterocycles. The van der Waals surface area contributed by atoms with Crippen molar-refractivity contribution in [1.82, 2.24) is 10.3 Å². The molecule has 0 spiro atoms. The van der Waals surface area contributed by atoms with Gasteiger partial charge in [0.1, 0.15) is 0 Å². The molecule has 1 heterocycles. The SMILES string of the molecule is CCNC(c1ccc(F)c(F)c1F)c1sc(C)nc1C. The predicted molar refractivity (Wildman–Crippen MR) is 73.4 cm³/mol. The molecule has 0 aliphatic rings. The molecule has 1 aromatic heterocycles. The Morgan fingerprint density at radius 2 is 1.90 bits per heavy atom. The molecule has 0 bridgehead atoms. The van der Waals surface area contributed by atoms with Crippen LogP contribution in [0.1, 0.15) is 34.1 Å². The highest BCUT2D eigenvalue weighted by Gasteiger charge is 2.24. The first-order valence-corrected chi connectivity index (χ1v) is 7.08. The summed E-state index contributed by atoms with van der Waals surface area (Å²) >= 11 is 1.42. The summed E-state index contributed by atoms with van der Waals surface area (Å²) in [5, 5.41) is 3.95. The molecule has 0 aliphatic carbocycles. The van der Waals surface area contributed by atoms with E-state index in [1.807, 2.05) is 20.8 Å². The highest BCUT2D eigenvalue weighted by molar-refractivity contribution is 7.11. The minimum absolute atomic E-state index is 0.0949. The van der Waals surface area contributed by atoms with Gasteiger partial charge in [-0.05, 0) is 26.5 Å². The Bertz CT molecular complexity index is 625. The summed E-state index contributed by atoms with van der Waals surface area (Å²) in [7, 11) is 0. The molecule has 6 heteroatoms. The Morgan fingerprint density at radius 3 is 2.45 bits per heavy atom. The minimum Gasteiger partial charge on any atom is -0.306 e. The first-order valence-electron chi connectivity index (χ1n) is 6.26. The average Bonchev–Trinajstić information content (AvgIpc) is 2.73. The third-order valence-corrected chi connectivity index (χ3v) is 4.12. The Morgan fingerprint density at radius 1 is 1.20 bits per heavy atom. The highest BCUT2D eigenvalue weighted by atomic mass is 32.1. The summed E-state index contributed by atoms with van der Waals surface area (Å²) in [5.41, 5.74) is 0.861. The van der Waals surface area contributed by atoms with Crippen molar-refractivity contribution in [3.63, 3.8) is 0 Å². The zero-order chi connectivity index (χ0) is 14.9. The van der Waals surface area contributed by atoms with E-state index in [2.05, 4.69) is 10.3 Å². The van der Waals surface area contributed by atoms with Gasteiger partial charge >= 0.3 is 0 Å². The number of hydrogen-bond donors (Lipinski definition) is 1. The number of thiazole rings is 1. The van der Waals surface area contributed by atoms with Crippen molar-refractivity contribution >= 4 is 11.3 Å². The van der Waals surface area contributed by atoms with Crippen LogP contribution >= 0.6 is 11.3 Å². The number of hydrogen-bond acceptors (Lipinski definition) is 3. The van der Waals surface area contributed by atoms with Gasteiger partial charge in [-0.3, -0.25) is 0 Å². The van der Waals surface area contributed by atoms with Crippen LogP contribution < -0.4 is 5.32 Å². The lowest BCUT2D eigenvalue weighted by molar-refractivity contribution is 0.433. The van der Waals surface area contributed by atoms with Gasteiger partial charge in [-0.2, -0.15) is 0 Å². The van der Waals surface area contributed by atoms with E-state index in [-0.39, 0.29) is 5.56 Å². The smallest absolute Gasteiger partial charge is 0.194 e. The van der Waals surface area contributed by atoms with Crippen LogP contribution in [0.5, 0.6) is 0 Å². The molecular weight excluding hydrogens is 285 g/mol. The van der Waals surface area contributed by atoms with Crippen molar-refractivity contribution in [2.45, 2.75) is 26.8 Å². The summed E-state index contributed by atoms with van der Waals surface area (Å²) in [6.45, 7) is 6.11. The second-order valence-corrected chi connectivity index (χ2v) is 5.67. The molecule has 0 aliphatic heterocycles. The van der Waals surface area contributed by atoms with Gasteiger partial charge < -0.3 is 5.32 Å². The molecule has 0 saturated carbocycles. The van der Waals surface area contributed by atoms with E-state index < -0.39 is 23.5 Å². The lowest BCUT2D eigenvalue weighted by atomic mass is 10.0. The summed E-state index contributed by atoms with van der Waals surface area (Å²) in [6, 6.07) is 1.69. The van der Waals surface area contributed by atoms with Gasteiger partial charge in [0.25, 0.3) is 0 Å². The zero-order valence-corrected chi connectivity index (χ0v) is 12.2. The maximum absolute atomic E-state index is 14.0. The molecule has 1 atom stereocenters. The van der Waals surface area contributed by atoms with Crippen LogP contribution in [0.2, 0.25) is 0 Å². The number of nitrogens with one attached hydrogen (secondary N) is 1. The monoisotopic (exact) mass is 300 g/mol. The first kappa shape index (κ1) is 15.0. The van der Waals surface area contributed by atoms with Gasteiger partial charge in [-0.25, -0.2) is 18.2 Å². The van der Waals surface area contributed by atoms with Crippen molar-refractivity contribution in [2.24, 2.45) is 0 Å². The molecule has 1 aromatic carbocycles. The minimum atomic E-state index is -1.44. The van der Waals surface area contributed by atoms with Crippen LogP contribution in [-0.4, -0.2) is 11.5 Å². The molecular formula is C14H15F3N2S. The Kier molecular flexibility index (Phi) is 4.45. The third-order valence-electron chi connectivity index (χ3n) is 2.99. The van der Waals surface area contributed by atoms with Crippen molar-refractivity contribution in [2.75, 3.05) is 6.54 Å². The molecule has 0 amide bonds. The predicted octanol–water partition coefficient (Wildman–Crippen LogP) is 3.88. The average molecular weight is 300 g/mol. The van der Waals surface area contributed by atoms with Crippen molar-refractivity contribution < 1.29 is 13.2 Å². The molecule has 1 unspecified atom stereocenters. The van der Waals surface area contributed by atoms with Crippen LogP contribution in [-0.2, 0) is 0 Å². The summed E-state index contributed by atoms with van der Waals surface area (Å²) in [5.74, 6) is -3.77. The lowest BCUT2D eigenvalue weighted by Gasteiger charge is -2.18. The number of aromatic nitrogens is 1. The van der Waals surface area contributed by atoms with E-state index in [0.717, 1.165) is 21.6 Å². The molecule has 1 N–H and O–H groups in total. The molecule has 108 valence electrons. The van der Waals surface area contributed by atoms with Crippen LogP contribution in [0, 0.1) is 31.3 Å². The summed E-state index contributed by atoms with van der Waals surface area (Å²) < 4.78 is 40.5. The second-order valence-electron chi connectivity index (χ2n) is 4.44. The fraction of sp³-hybridized carbons (Fsp3) is 0.357. The molecule has 20 heavy (non-hydrogen) atoms. The van der Waals surface area contributed by atoms with Crippen molar-refractivity contribution in [3.8, 4) is 0 Å². The van der Waals surface area contributed by atoms with Crippen molar-refractivity contribution in [3.05, 3.63) is 50.7 Å². The number of benzene rings is 1. The molecule has 2 nitrogen and oxygen atoms in total. The molecule has 0 fully saturated rings. The van der Waals surface area contributed by atoms with E-state index in [0.29, 0.717) is 6.54 Å².